The lowest BCUT2D eigenvalue weighted by molar-refractivity contribution is 0.150. The summed E-state index contributed by atoms with van der Waals surface area (Å²) < 4.78 is 20.4. The van der Waals surface area contributed by atoms with Crippen LogP contribution in [0.5, 0.6) is 0 Å². The maximum absolute atomic E-state index is 13.3. The predicted molar refractivity (Wildman–Crippen MR) is 70.6 cm³/mol. The molecule has 0 radical (unpaired) electrons. The first kappa shape index (κ1) is 12.8. The standard InChI is InChI=1S/C14H14FN3O2/c1-8-11-5-9(15)3-4-13(11)20-14(8)12(19)6-10-7-18(2)17-16-10/h3-5,7,12,19H,6H2,1-2H3. The number of furan rings is 1. The van der Waals surface area contributed by atoms with Crippen molar-refractivity contribution in [2.45, 2.75) is 19.4 Å². The normalized spacial score (nSPS) is 13.0. The predicted octanol–water partition coefficient (Wildman–Crippen LogP) is 2.28. The Morgan fingerprint density at radius 1 is 1.45 bits per heavy atom. The molecule has 0 saturated carbocycles. The number of rotatable bonds is 3. The SMILES string of the molecule is Cc1c(C(O)Cc2cn(C)nn2)oc2ccc(F)cc12. The fraction of sp³-hybridized carbons (Fsp3) is 0.286. The van der Waals surface area contributed by atoms with E-state index in [1.165, 1.54) is 12.1 Å². The number of aromatic nitrogens is 3. The van der Waals surface area contributed by atoms with E-state index in [4.69, 9.17) is 4.42 Å². The second-order valence-corrected chi connectivity index (χ2v) is 4.84. The molecule has 2 aromatic heterocycles. The summed E-state index contributed by atoms with van der Waals surface area (Å²) in [5.74, 6) is 0.118. The Balaban J connectivity index is 1.95. The van der Waals surface area contributed by atoms with Crippen molar-refractivity contribution in [3.63, 3.8) is 0 Å². The van der Waals surface area contributed by atoms with Gasteiger partial charge in [0.25, 0.3) is 0 Å². The molecule has 6 heteroatoms. The van der Waals surface area contributed by atoms with Crippen LogP contribution in [0, 0.1) is 12.7 Å². The van der Waals surface area contributed by atoms with E-state index < -0.39 is 6.10 Å². The number of hydrogen-bond donors (Lipinski definition) is 1. The van der Waals surface area contributed by atoms with Crippen molar-refractivity contribution in [2.75, 3.05) is 0 Å². The van der Waals surface area contributed by atoms with Crippen molar-refractivity contribution < 1.29 is 13.9 Å². The topological polar surface area (TPSA) is 64.1 Å². The van der Waals surface area contributed by atoms with Gasteiger partial charge in [0.05, 0.1) is 5.69 Å². The van der Waals surface area contributed by atoms with E-state index >= 15 is 0 Å². The van der Waals surface area contributed by atoms with Crippen LogP contribution in [-0.2, 0) is 13.5 Å². The number of aliphatic hydroxyl groups excluding tert-OH is 1. The lowest BCUT2D eigenvalue weighted by Gasteiger charge is -2.06. The van der Waals surface area contributed by atoms with Gasteiger partial charge in [-0.25, -0.2) is 4.39 Å². The average Bonchev–Trinajstić information content (AvgIpc) is 2.94. The van der Waals surface area contributed by atoms with Gasteiger partial charge in [-0.15, -0.1) is 5.10 Å². The van der Waals surface area contributed by atoms with E-state index in [-0.39, 0.29) is 5.82 Å². The second-order valence-electron chi connectivity index (χ2n) is 4.84. The Hall–Kier alpha value is -2.21. The van der Waals surface area contributed by atoms with Gasteiger partial charge in [0.15, 0.2) is 0 Å². The van der Waals surface area contributed by atoms with Crippen molar-refractivity contribution in [3.8, 4) is 0 Å². The molecular weight excluding hydrogens is 261 g/mol. The van der Waals surface area contributed by atoms with E-state index in [2.05, 4.69) is 10.3 Å². The Morgan fingerprint density at radius 2 is 2.25 bits per heavy atom. The summed E-state index contributed by atoms with van der Waals surface area (Å²) in [6, 6.07) is 4.31. The maximum atomic E-state index is 13.3. The molecule has 0 saturated heterocycles. The molecule has 3 rings (SSSR count). The molecule has 1 atom stereocenters. The minimum absolute atomic E-state index is 0.303. The van der Waals surface area contributed by atoms with Crippen molar-refractivity contribution in [3.05, 3.63) is 47.2 Å². The highest BCUT2D eigenvalue weighted by molar-refractivity contribution is 5.82. The van der Waals surface area contributed by atoms with E-state index in [1.54, 1.807) is 30.9 Å². The van der Waals surface area contributed by atoms with Gasteiger partial charge in [0, 0.05) is 30.6 Å². The zero-order valence-corrected chi connectivity index (χ0v) is 11.2. The van der Waals surface area contributed by atoms with Crippen molar-refractivity contribution in [1.29, 1.82) is 0 Å². The third-order valence-electron chi connectivity index (χ3n) is 3.29. The monoisotopic (exact) mass is 275 g/mol. The van der Waals surface area contributed by atoms with Crippen molar-refractivity contribution in [2.24, 2.45) is 7.05 Å². The van der Waals surface area contributed by atoms with Gasteiger partial charge in [0.2, 0.25) is 0 Å². The van der Waals surface area contributed by atoms with Gasteiger partial charge in [-0.3, -0.25) is 4.68 Å². The molecule has 104 valence electrons. The number of aryl methyl sites for hydroxylation is 2. The maximum Gasteiger partial charge on any atom is 0.137 e. The summed E-state index contributed by atoms with van der Waals surface area (Å²) >= 11 is 0. The molecule has 0 bridgehead atoms. The first-order valence-corrected chi connectivity index (χ1v) is 6.26. The summed E-state index contributed by atoms with van der Waals surface area (Å²) in [6.07, 6.45) is 1.21. The third-order valence-corrected chi connectivity index (χ3v) is 3.29. The molecule has 0 aliphatic carbocycles. The van der Waals surface area contributed by atoms with Crippen LogP contribution in [0.3, 0.4) is 0 Å². The molecule has 2 heterocycles. The van der Waals surface area contributed by atoms with Gasteiger partial charge in [-0.1, -0.05) is 5.21 Å². The van der Waals surface area contributed by atoms with Crippen molar-refractivity contribution in [1.82, 2.24) is 15.0 Å². The minimum atomic E-state index is -0.831. The zero-order chi connectivity index (χ0) is 14.3. The van der Waals surface area contributed by atoms with Crippen LogP contribution in [0.15, 0.2) is 28.8 Å². The van der Waals surface area contributed by atoms with E-state index in [0.717, 1.165) is 5.56 Å². The fourth-order valence-corrected chi connectivity index (χ4v) is 2.31. The molecule has 5 nitrogen and oxygen atoms in total. The summed E-state index contributed by atoms with van der Waals surface area (Å²) in [6.45, 7) is 1.81. The molecule has 0 fully saturated rings. The highest BCUT2D eigenvalue weighted by atomic mass is 19.1. The second kappa shape index (κ2) is 4.72. The molecule has 3 aromatic rings. The highest BCUT2D eigenvalue weighted by Gasteiger charge is 2.20. The molecular formula is C14H14FN3O2. The highest BCUT2D eigenvalue weighted by Crippen LogP contribution is 2.31. The van der Waals surface area contributed by atoms with Crippen LogP contribution >= 0.6 is 0 Å². The Bertz CT molecular complexity index is 763. The van der Waals surface area contributed by atoms with Gasteiger partial charge < -0.3 is 9.52 Å². The fourth-order valence-electron chi connectivity index (χ4n) is 2.31. The van der Waals surface area contributed by atoms with Crippen LogP contribution in [0.2, 0.25) is 0 Å². The van der Waals surface area contributed by atoms with Crippen molar-refractivity contribution >= 4 is 11.0 Å². The third kappa shape index (κ3) is 2.18. The van der Waals surface area contributed by atoms with Crippen LogP contribution in [-0.4, -0.2) is 20.1 Å². The number of nitrogens with zero attached hydrogens (tertiary/aromatic N) is 3. The minimum Gasteiger partial charge on any atom is -0.458 e. The Morgan fingerprint density at radius 3 is 2.95 bits per heavy atom. The lowest BCUT2D eigenvalue weighted by atomic mass is 10.1. The summed E-state index contributed by atoms with van der Waals surface area (Å²) in [7, 11) is 1.76. The van der Waals surface area contributed by atoms with E-state index in [1.807, 2.05) is 0 Å². The number of halogens is 1. The van der Waals surface area contributed by atoms with Gasteiger partial charge in [-0.05, 0) is 25.1 Å². The van der Waals surface area contributed by atoms with Crippen LogP contribution in [0.1, 0.15) is 23.1 Å². The molecule has 1 aromatic carbocycles. The van der Waals surface area contributed by atoms with E-state index in [0.29, 0.717) is 28.8 Å². The lowest BCUT2D eigenvalue weighted by Crippen LogP contribution is -2.02. The smallest absolute Gasteiger partial charge is 0.137 e. The molecule has 1 N–H and O–H groups in total. The molecule has 1 unspecified atom stereocenters. The Kier molecular flexibility index (Phi) is 3.02. The molecule has 0 amide bonds. The van der Waals surface area contributed by atoms with E-state index in [9.17, 15) is 9.50 Å². The molecule has 0 aliphatic heterocycles. The number of benzene rings is 1. The number of fused-ring (bicyclic) bond motifs is 1. The summed E-state index contributed by atoms with van der Waals surface area (Å²) in [5, 5.41) is 18.7. The number of hydrogen-bond acceptors (Lipinski definition) is 4. The average molecular weight is 275 g/mol. The molecule has 0 aliphatic rings. The number of aliphatic hydroxyl groups is 1. The quantitative estimate of drug-likeness (QED) is 0.796. The van der Waals surface area contributed by atoms with Gasteiger partial charge in [-0.2, -0.15) is 0 Å². The summed E-state index contributed by atoms with van der Waals surface area (Å²) in [4.78, 5) is 0. The van der Waals surface area contributed by atoms with Gasteiger partial charge in [0.1, 0.15) is 23.3 Å². The first-order chi connectivity index (χ1) is 9.54. The van der Waals surface area contributed by atoms with Gasteiger partial charge >= 0.3 is 0 Å². The van der Waals surface area contributed by atoms with Crippen LogP contribution in [0.25, 0.3) is 11.0 Å². The Labute approximate surface area is 114 Å². The van der Waals surface area contributed by atoms with Crippen LogP contribution < -0.4 is 0 Å². The first-order valence-electron chi connectivity index (χ1n) is 6.26. The summed E-state index contributed by atoms with van der Waals surface area (Å²) in [5.41, 5.74) is 1.99. The zero-order valence-electron chi connectivity index (χ0n) is 11.2. The molecule has 20 heavy (non-hydrogen) atoms. The molecule has 0 spiro atoms. The largest absolute Gasteiger partial charge is 0.458 e. The van der Waals surface area contributed by atoms with Crippen LogP contribution in [0.4, 0.5) is 4.39 Å².